The highest BCUT2D eigenvalue weighted by Crippen LogP contribution is 2.32. The van der Waals surface area contributed by atoms with Crippen LogP contribution in [0, 0.1) is 0 Å². The van der Waals surface area contributed by atoms with E-state index >= 15 is 0 Å². The Morgan fingerprint density at radius 2 is 1.62 bits per heavy atom. The highest BCUT2D eigenvalue weighted by molar-refractivity contribution is 7.92. The van der Waals surface area contributed by atoms with E-state index in [4.69, 9.17) is 23.2 Å². The molecule has 0 heterocycles. The van der Waals surface area contributed by atoms with Gasteiger partial charge in [0.25, 0.3) is 15.9 Å². The molecule has 1 amide bonds. The van der Waals surface area contributed by atoms with Crippen LogP contribution in [0.1, 0.15) is 11.1 Å². The third-order valence-electron chi connectivity index (χ3n) is 4.47. The minimum Gasteiger partial charge on any atom is -0.271 e. The van der Waals surface area contributed by atoms with E-state index in [1.54, 1.807) is 6.07 Å². The van der Waals surface area contributed by atoms with Crippen molar-refractivity contribution in [1.82, 2.24) is 5.43 Å². The van der Waals surface area contributed by atoms with E-state index in [1.165, 1.54) is 60.7 Å². The number of nitrogens with zero attached hydrogens (tertiary/aromatic N) is 2. The fraction of sp³-hybridized carbons (Fsp3) is 0.0909. The number of carbonyl (C=O) groups excluding carboxylic acids is 1. The molecule has 178 valence electrons. The van der Waals surface area contributed by atoms with Crippen molar-refractivity contribution in [2.75, 3.05) is 10.8 Å². The number of benzene rings is 3. The monoisotopic (exact) mass is 529 g/mol. The van der Waals surface area contributed by atoms with Crippen LogP contribution in [0.5, 0.6) is 0 Å². The van der Waals surface area contributed by atoms with E-state index in [-0.39, 0.29) is 26.2 Å². The molecule has 12 heteroatoms. The number of anilines is 1. The molecule has 6 nitrogen and oxygen atoms in total. The summed E-state index contributed by atoms with van der Waals surface area (Å²) in [5, 5.41) is 3.80. The maximum atomic E-state index is 13.2. The van der Waals surface area contributed by atoms with Crippen molar-refractivity contribution in [3.63, 3.8) is 0 Å². The molecule has 0 aliphatic heterocycles. The minimum absolute atomic E-state index is 0.0554. The first kappa shape index (κ1) is 25.5. The number of halogens is 5. The molecule has 34 heavy (non-hydrogen) atoms. The first-order chi connectivity index (χ1) is 16.0. The van der Waals surface area contributed by atoms with Crippen LogP contribution in [0.3, 0.4) is 0 Å². The lowest BCUT2D eigenvalue weighted by Crippen LogP contribution is -2.39. The average Bonchev–Trinajstić information content (AvgIpc) is 2.79. The zero-order valence-electron chi connectivity index (χ0n) is 17.1. The Balaban J connectivity index is 1.87. The predicted octanol–water partition coefficient (Wildman–Crippen LogP) is 5.36. The number of hydrogen-bond acceptors (Lipinski definition) is 4. The Morgan fingerprint density at radius 1 is 0.971 bits per heavy atom. The number of hydrogen-bond donors (Lipinski definition) is 1. The zero-order valence-corrected chi connectivity index (χ0v) is 19.5. The number of carbonyl (C=O) groups is 1. The normalized spacial score (nSPS) is 12.0. The highest BCUT2D eigenvalue weighted by Gasteiger charge is 2.32. The van der Waals surface area contributed by atoms with E-state index in [1.807, 2.05) is 0 Å². The second kappa shape index (κ2) is 10.5. The van der Waals surface area contributed by atoms with Crippen LogP contribution in [0.2, 0.25) is 10.0 Å². The number of nitrogens with one attached hydrogen (secondary N) is 1. The quantitative estimate of drug-likeness (QED) is 0.330. The Hall–Kier alpha value is -3.08. The topological polar surface area (TPSA) is 78.8 Å². The second-order valence-corrected chi connectivity index (χ2v) is 9.48. The molecular weight excluding hydrogens is 514 g/mol. The molecule has 3 aromatic rings. The van der Waals surface area contributed by atoms with Crippen molar-refractivity contribution >= 4 is 51.0 Å². The van der Waals surface area contributed by atoms with Gasteiger partial charge in [-0.2, -0.15) is 18.3 Å². The number of rotatable bonds is 7. The first-order valence-corrected chi connectivity index (χ1v) is 11.7. The molecule has 0 unspecified atom stereocenters. The van der Waals surface area contributed by atoms with Crippen LogP contribution >= 0.6 is 23.2 Å². The molecular formula is C22H16Cl2F3N3O3S. The summed E-state index contributed by atoms with van der Waals surface area (Å²) in [5.41, 5.74) is 0.910. The molecule has 3 rings (SSSR count). The minimum atomic E-state index is -4.61. The fourth-order valence-corrected chi connectivity index (χ4v) is 4.61. The smallest absolute Gasteiger partial charge is 0.271 e. The van der Waals surface area contributed by atoms with Crippen LogP contribution in [0.4, 0.5) is 18.9 Å². The van der Waals surface area contributed by atoms with Gasteiger partial charge in [0.1, 0.15) is 6.54 Å². The van der Waals surface area contributed by atoms with Gasteiger partial charge in [-0.1, -0.05) is 59.6 Å². The zero-order chi connectivity index (χ0) is 24.9. The molecule has 0 saturated carbocycles. The summed E-state index contributed by atoms with van der Waals surface area (Å²) in [6.45, 7) is -0.729. The van der Waals surface area contributed by atoms with Gasteiger partial charge in [0.2, 0.25) is 0 Å². The van der Waals surface area contributed by atoms with Gasteiger partial charge in [0, 0.05) is 5.56 Å². The molecule has 0 fully saturated rings. The molecule has 1 N–H and O–H groups in total. The molecule has 0 spiro atoms. The van der Waals surface area contributed by atoms with Crippen molar-refractivity contribution < 1.29 is 26.4 Å². The third kappa shape index (κ3) is 6.07. The van der Waals surface area contributed by atoms with Crippen LogP contribution in [-0.4, -0.2) is 27.1 Å². The van der Waals surface area contributed by atoms with E-state index in [0.29, 0.717) is 0 Å². The van der Waals surface area contributed by atoms with E-state index in [2.05, 4.69) is 10.5 Å². The Kier molecular flexibility index (Phi) is 7.86. The van der Waals surface area contributed by atoms with Crippen molar-refractivity contribution in [3.8, 4) is 0 Å². The van der Waals surface area contributed by atoms with Gasteiger partial charge < -0.3 is 0 Å². The van der Waals surface area contributed by atoms with Crippen LogP contribution in [0.15, 0.2) is 82.8 Å². The Labute approximate surface area is 203 Å². The molecule has 0 radical (unpaired) electrons. The molecule has 0 aliphatic rings. The van der Waals surface area contributed by atoms with Crippen molar-refractivity contribution in [1.29, 1.82) is 0 Å². The van der Waals surface area contributed by atoms with Gasteiger partial charge in [-0.15, -0.1) is 0 Å². The number of sulfonamides is 1. The molecule has 0 aliphatic carbocycles. The van der Waals surface area contributed by atoms with Crippen LogP contribution in [-0.2, 0) is 21.0 Å². The molecule has 0 aromatic heterocycles. The lowest BCUT2D eigenvalue weighted by molar-refractivity contribution is -0.137. The van der Waals surface area contributed by atoms with Crippen molar-refractivity contribution in [2.24, 2.45) is 5.10 Å². The predicted molar refractivity (Wildman–Crippen MR) is 125 cm³/mol. The van der Waals surface area contributed by atoms with Crippen molar-refractivity contribution in [3.05, 3.63) is 94.0 Å². The summed E-state index contributed by atoms with van der Waals surface area (Å²) in [5.74, 6) is -0.897. The second-order valence-electron chi connectivity index (χ2n) is 6.80. The largest absolute Gasteiger partial charge is 0.417 e. The Bertz CT molecular complexity index is 1320. The Morgan fingerprint density at radius 3 is 2.26 bits per heavy atom. The molecule has 0 saturated heterocycles. The molecule has 0 bridgehead atoms. The lowest BCUT2D eigenvalue weighted by Gasteiger charge is -2.24. The average molecular weight is 530 g/mol. The summed E-state index contributed by atoms with van der Waals surface area (Å²) < 4.78 is 66.5. The number of hydrazone groups is 1. The van der Waals surface area contributed by atoms with E-state index in [9.17, 15) is 26.4 Å². The lowest BCUT2D eigenvalue weighted by atomic mass is 10.1. The summed E-state index contributed by atoms with van der Waals surface area (Å²) in [6.07, 6.45) is -3.78. The number of amides is 1. The SMILES string of the molecule is O=C(CN(c1ccc(Cl)c(Cl)c1)S(=O)(=O)c1ccccc1)N/N=C/c1ccccc1C(F)(F)F. The molecule has 3 aromatic carbocycles. The highest BCUT2D eigenvalue weighted by atomic mass is 35.5. The maximum Gasteiger partial charge on any atom is 0.417 e. The van der Waals surface area contributed by atoms with Crippen LogP contribution < -0.4 is 9.73 Å². The van der Waals surface area contributed by atoms with Crippen LogP contribution in [0.25, 0.3) is 0 Å². The third-order valence-corrected chi connectivity index (χ3v) is 7.00. The van der Waals surface area contributed by atoms with Gasteiger partial charge in [0.15, 0.2) is 0 Å². The van der Waals surface area contributed by atoms with Gasteiger partial charge in [-0.05, 0) is 36.4 Å². The van der Waals surface area contributed by atoms with Gasteiger partial charge in [-0.3, -0.25) is 9.10 Å². The summed E-state index contributed by atoms with van der Waals surface area (Å²) in [7, 11) is -4.21. The maximum absolute atomic E-state index is 13.2. The van der Waals surface area contributed by atoms with Gasteiger partial charge in [0.05, 0.1) is 32.4 Å². The standard InChI is InChI=1S/C22H16Cl2F3N3O3S/c23-19-11-10-16(12-20(19)24)30(34(32,33)17-7-2-1-3-8-17)14-21(31)29-28-13-15-6-4-5-9-18(15)22(25,26)27/h1-13H,14H2,(H,29,31)/b28-13+. The summed E-state index contributed by atoms with van der Waals surface area (Å²) >= 11 is 11.9. The van der Waals surface area contributed by atoms with Gasteiger partial charge in [-0.25, -0.2) is 13.8 Å². The van der Waals surface area contributed by atoms with E-state index < -0.39 is 34.2 Å². The van der Waals surface area contributed by atoms with Gasteiger partial charge >= 0.3 is 6.18 Å². The fourth-order valence-electron chi connectivity index (χ4n) is 2.88. The number of alkyl halides is 3. The summed E-state index contributed by atoms with van der Waals surface area (Å²) in [4.78, 5) is 12.4. The first-order valence-electron chi connectivity index (χ1n) is 9.51. The van der Waals surface area contributed by atoms with E-state index in [0.717, 1.165) is 16.6 Å². The summed E-state index contributed by atoms with van der Waals surface area (Å²) in [6, 6.07) is 16.0. The molecule has 0 atom stereocenters. The van der Waals surface area contributed by atoms with Crippen molar-refractivity contribution in [2.45, 2.75) is 11.1 Å².